The molecule has 3 heteroatoms. The molecule has 0 N–H and O–H groups in total. The molecule has 78 valence electrons. The van der Waals surface area contributed by atoms with Gasteiger partial charge in [0.1, 0.15) is 0 Å². The maximum absolute atomic E-state index is 11.1. The second-order valence-corrected chi connectivity index (χ2v) is 3.15. The van der Waals surface area contributed by atoms with Crippen LogP contribution in [-0.4, -0.2) is 11.9 Å². The summed E-state index contributed by atoms with van der Waals surface area (Å²) in [6.07, 6.45) is 11.7. The molecule has 15 heavy (non-hydrogen) atoms. The van der Waals surface area contributed by atoms with Gasteiger partial charge in [-0.2, -0.15) is 9.59 Å². The van der Waals surface area contributed by atoms with Crippen molar-refractivity contribution in [2.75, 3.05) is 0 Å². The van der Waals surface area contributed by atoms with Crippen LogP contribution in [0.25, 0.3) is 0 Å². The molecule has 1 aliphatic rings. The van der Waals surface area contributed by atoms with Gasteiger partial charge in [0, 0.05) is 0 Å². The van der Waals surface area contributed by atoms with Gasteiger partial charge >= 0.3 is 6.15 Å². The third kappa shape index (κ3) is 3.38. The number of terminal acetylenes is 1. The van der Waals surface area contributed by atoms with Gasteiger partial charge < -0.3 is 0 Å². The van der Waals surface area contributed by atoms with Crippen LogP contribution in [0.15, 0.2) is 23.8 Å². The molecule has 0 saturated carbocycles. The number of allylic oxidation sites excluding steroid dienone is 4. The van der Waals surface area contributed by atoms with E-state index in [4.69, 9.17) is 16.0 Å². The fourth-order valence-corrected chi connectivity index (χ4v) is 1.27. The predicted molar refractivity (Wildman–Crippen MR) is 54.5 cm³/mol. The highest BCUT2D eigenvalue weighted by Crippen LogP contribution is 2.29. The molecule has 0 aromatic rings. The zero-order chi connectivity index (χ0) is 11.9. The molecule has 0 fully saturated rings. The normalized spacial score (nSPS) is 23.0. The van der Waals surface area contributed by atoms with E-state index in [2.05, 4.69) is 5.92 Å². The third-order valence-corrected chi connectivity index (χ3v) is 2.25. The molecular weight excluding hydrogens is 192 g/mol. The van der Waals surface area contributed by atoms with E-state index < -0.39 is 0 Å². The lowest BCUT2D eigenvalue weighted by Crippen LogP contribution is -2.17. The Morgan fingerprint density at radius 3 is 2.33 bits per heavy atom. The van der Waals surface area contributed by atoms with E-state index in [1.165, 1.54) is 0 Å². The first-order chi connectivity index (χ1) is 7.05. The molecule has 0 aromatic carbocycles. The maximum Gasteiger partial charge on any atom is 0.373 e. The molecule has 0 aromatic heterocycles. The van der Waals surface area contributed by atoms with Crippen LogP contribution in [0.1, 0.15) is 20.3 Å². The largest absolute Gasteiger partial charge is 0.373 e. The summed E-state index contributed by atoms with van der Waals surface area (Å²) in [4.78, 5) is 27.3. The van der Waals surface area contributed by atoms with Gasteiger partial charge in [-0.05, 0) is 25.0 Å². The summed E-state index contributed by atoms with van der Waals surface area (Å²) in [5.74, 6) is 2.77. The Balaban J connectivity index is 0.000000583. The van der Waals surface area contributed by atoms with Crippen molar-refractivity contribution < 1.29 is 14.4 Å². The van der Waals surface area contributed by atoms with Crippen LogP contribution in [0.2, 0.25) is 0 Å². The van der Waals surface area contributed by atoms with Gasteiger partial charge in [-0.1, -0.05) is 25.0 Å². The Labute approximate surface area is 88.9 Å². The standard InChI is InChI=1S/C11H12O.CO2/c1-4-11(5-2)7-6-10(12)9(3)8-11;2-1-3/h1,6-8H,5H2,2-3H3;. The number of hydrogen-bond acceptors (Lipinski definition) is 3. The van der Waals surface area contributed by atoms with Crippen LogP contribution in [-0.2, 0) is 14.4 Å². The lowest BCUT2D eigenvalue weighted by molar-refractivity contribution is -0.191. The van der Waals surface area contributed by atoms with Gasteiger partial charge in [-0.25, -0.2) is 0 Å². The lowest BCUT2D eigenvalue weighted by atomic mass is 9.80. The van der Waals surface area contributed by atoms with Crippen molar-refractivity contribution in [1.82, 2.24) is 0 Å². The highest BCUT2D eigenvalue weighted by Gasteiger charge is 2.23. The summed E-state index contributed by atoms with van der Waals surface area (Å²) >= 11 is 0. The maximum atomic E-state index is 11.1. The van der Waals surface area contributed by atoms with Crippen LogP contribution in [0.5, 0.6) is 0 Å². The third-order valence-electron chi connectivity index (χ3n) is 2.25. The quantitative estimate of drug-likeness (QED) is 0.608. The molecule has 1 atom stereocenters. The number of carbonyl (C=O) groups is 1. The minimum absolute atomic E-state index is 0.0642. The van der Waals surface area contributed by atoms with E-state index in [0.717, 1.165) is 12.0 Å². The van der Waals surface area contributed by atoms with Crippen LogP contribution in [0, 0.1) is 17.8 Å². The molecule has 0 amide bonds. The Morgan fingerprint density at radius 1 is 1.47 bits per heavy atom. The van der Waals surface area contributed by atoms with Crippen LogP contribution < -0.4 is 0 Å². The molecule has 0 saturated heterocycles. The van der Waals surface area contributed by atoms with Gasteiger partial charge in [-0.3, -0.25) is 4.79 Å². The summed E-state index contributed by atoms with van der Waals surface area (Å²) in [5.41, 5.74) is 0.426. The van der Waals surface area contributed by atoms with Crippen molar-refractivity contribution in [3.8, 4) is 12.3 Å². The van der Waals surface area contributed by atoms with E-state index in [1.807, 2.05) is 19.1 Å². The van der Waals surface area contributed by atoms with E-state index in [1.54, 1.807) is 13.0 Å². The number of rotatable bonds is 1. The summed E-state index contributed by atoms with van der Waals surface area (Å²) in [5, 5.41) is 0. The van der Waals surface area contributed by atoms with Gasteiger partial charge in [0.25, 0.3) is 0 Å². The van der Waals surface area contributed by atoms with Crippen molar-refractivity contribution in [1.29, 1.82) is 0 Å². The average molecular weight is 204 g/mol. The molecule has 0 radical (unpaired) electrons. The average Bonchev–Trinajstić information content (AvgIpc) is 2.24. The van der Waals surface area contributed by atoms with Gasteiger partial charge in [-0.15, -0.1) is 6.42 Å². The Kier molecular flexibility index (Phi) is 5.01. The smallest absolute Gasteiger partial charge is 0.290 e. The van der Waals surface area contributed by atoms with Crippen LogP contribution >= 0.6 is 0 Å². The summed E-state index contributed by atoms with van der Waals surface area (Å²) < 4.78 is 0. The summed E-state index contributed by atoms with van der Waals surface area (Å²) in [7, 11) is 0. The summed E-state index contributed by atoms with van der Waals surface area (Å²) in [6, 6.07) is 0. The first-order valence-corrected chi connectivity index (χ1v) is 4.45. The minimum atomic E-state index is -0.321. The van der Waals surface area contributed by atoms with Crippen LogP contribution in [0.3, 0.4) is 0 Å². The zero-order valence-electron chi connectivity index (χ0n) is 8.74. The highest BCUT2D eigenvalue weighted by atomic mass is 16.2. The number of carbonyl (C=O) groups excluding carboxylic acids is 3. The Hall–Kier alpha value is -1.91. The topological polar surface area (TPSA) is 51.2 Å². The molecule has 3 nitrogen and oxygen atoms in total. The fourth-order valence-electron chi connectivity index (χ4n) is 1.27. The molecule has 1 rings (SSSR count). The SMILES string of the molecule is C#CC1(CC)C=CC(=O)C(C)=C1.O=C=O. The highest BCUT2D eigenvalue weighted by molar-refractivity contribution is 6.04. The molecule has 1 unspecified atom stereocenters. The van der Waals surface area contributed by atoms with Crippen molar-refractivity contribution >= 4 is 11.9 Å². The Morgan fingerprint density at radius 2 is 2.00 bits per heavy atom. The van der Waals surface area contributed by atoms with E-state index in [9.17, 15) is 4.79 Å². The zero-order valence-corrected chi connectivity index (χ0v) is 8.74. The second-order valence-electron chi connectivity index (χ2n) is 3.15. The van der Waals surface area contributed by atoms with E-state index >= 15 is 0 Å². The van der Waals surface area contributed by atoms with E-state index in [-0.39, 0.29) is 17.3 Å². The van der Waals surface area contributed by atoms with Crippen molar-refractivity contribution in [3.05, 3.63) is 23.8 Å². The molecule has 0 heterocycles. The van der Waals surface area contributed by atoms with Crippen molar-refractivity contribution in [2.45, 2.75) is 20.3 Å². The number of hydrogen-bond donors (Lipinski definition) is 0. The van der Waals surface area contributed by atoms with E-state index in [0.29, 0.717) is 0 Å². The van der Waals surface area contributed by atoms with Crippen LogP contribution in [0.4, 0.5) is 0 Å². The predicted octanol–water partition coefficient (Wildman–Crippen LogP) is 1.52. The molecule has 1 aliphatic carbocycles. The first-order valence-electron chi connectivity index (χ1n) is 4.45. The van der Waals surface area contributed by atoms with Gasteiger partial charge in [0.15, 0.2) is 5.78 Å². The van der Waals surface area contributed by atoms with Crippen molar-refractivity contribution in [3.63, 3.8) is 0 Å². The first kappa shape index (κ1) is 13.1. The minimum Gasteiger partial charge on any atom is -0.290 e. The number of ketones is 1. The molecular formula is C12H12O3. The fraction of sp³-hybridized carbons (Fsp3) is 0.333. The summed E-state index contributed by atoms with van der Waals surface area (Å²) in [6.45, 7) is 3.82. The molecule has 0 bridgehead atoms. The lowest BCUT2D eigenvalue weighted by Gasteiger charge is -2.22. The Bertz CT molecular complexity index is 376. The van der Waals surface area contributed by atoms with Gasteiger partial charge in [0.2, 0.25) is 0 Å². The van der Waals surface area contributed by atoms with Gasteiger partial charge in [0.05, 0.1) is 5.41 Å². The molecule has 0 aliphatic heterocycles. The second kappa shape index (κ2) is 5.74. The monoisotopic (exact) mass is 204 g/mol. The van der Waals surface area contributed by atoms with Crippen molar-refractivity contribution in [2.24, 2.45) is 5.41 Å². The molecule has 0 spiro atoms.